The Bertz CT molecular complexity index is 213. The van der Waals surface area contributed by atoms with E-state index in [1.807, 2.05) is 0 Å². The fourth-order valence-electron chi connectivity index (χ4n) is 2.68. The summed E-state index contributed by atoms with van der Waals surface area (Å²) in [6.07, 6.45) is 0. The summed E-state index contributed by atoms with van der Waals surface area (Å²) in [5, 5.41) is 0. The third-order valence-electron chi connectivity index (χ3n) is 4.00. The molecule has 2 heteroatoms. The normalized spacial score (nSPS) is 27.6. The molecular weight excluding hydrogens is 184 g/mol. The minimum Gasteiger partial charge on any atom is -0.297 e. The molecule has 0 bridgehead atoms. The Labute approximate surface area is 94.6 Å². The highest BCUT2D eigenvalue weighted by molar-refractivity contribution is 5.10. The minimum atomic E-state index is 0.368. The van der Waals surface area contributed by atoms with Gasteiger partial charge in [-0.15, -0.1) is 0 Å². The Morgan fingerprint density at radius 1 is 0.667 bits per heavy atom. The second-order valence-corrected chi connectivity index (χ2v) is 7.55. The lowest BCUT2D eigenvalue weighted by molar-refractivity contribution is -0.167. The lowest BCUT2D eigenvalue weighted by Crippen LogP contribution is -2.76. The van der Waals surface area contributed by atoms with Crippen LogP contribution in [-0.2, 0) is 0 Å². The number of rotatable bonds is 0. The maximum atomic E-state index is 2.60. The maximum absolute atomic E-state index is 2.60. The van der Waals surface area contributed by atoms with Crippen molar-refractivity contribution in [3.05, 3.63) is 0 Å². The van der Waals surface area contributed by atoms with E-state index in [1.54, 1.807) is 0 Å². The molecule has 0 N–H and O–H groups in total. The van der Waals surface area contributed by atoms with Crippen molar-refractivity contribution >= 4 is 0 Å². The van der Waals surface area contributed by atoms with Gasteiger partial charge in [-0.1, -0.05) is 0 Å². The van der Waals surface area contributed by atoms with Gasteiger partial charge < -0.3 is 0 Å². The summed E-state index contributed by atoms with van der Waals surface area (Å²) in [5.74, 6) is 0. The number of hydrogen-bond acceptors (Lipinski definition) is 2. The van der Waals surface area contributed by atoms with E-state index in [1.165, 1.54) is 26.2 Å². The predicted molar refractivity (Wildman–Crippen MR) is 65.1 cm³/mol. The van der Waals surface area contributed by atoms with E-state index in [2.05, 4.69) is 51.3 Å². The molecule has 0 amide bonds. The van der Waals surface area contributed by atoms with Gasteiger partial charge in [0.25, 0.3) is 0 Å². The second kappa shape index (κ2) is 2.98. The molecule has 88 valence electrons. The Balaban J connectivity index is 1.83. The summed E-state index contributed by atoms with van der Waals surface area (Å²) in [6.45, 7) is 19.2. The monoisotopic (exact) mass is 210 g/mol. The summed E-state index contributed by atoms with van der Waals surface area (Å²) in [4.78, 5) is 5.21. The third-order valence-corrected chi connectivity index (χ3v) is 4.00. The molecule has 0 aromatic carbocycles. The average molecular weight is 210 g/mol. The fraction of sp³-hybridized carbons (Fsp3) is 1.00. The SMILES string of the molecule is CC(C)(C)N1CC2(C1)CN(C(C)(C)C)C2. The van der Waals surface area contributed by atoms with E-state index in [4.69, 9.17) is 0 Å². The van der Waals surface area contributed by atoms with E-state index < -0.39 is 0 Å². The molecule has 0 aromatic heterocycles. The van der Waals surface area contributed by atoms with Crippen molar-refractivity contribution in [1.29, 1.82) is 0 Å². The number of likely N-dealkylation sites (tertiary alicyclic amines) is 2. The van der Waals surface area contributed by atoms with E-state index >= 15 is 0 Å². The van der Waals surface area contributed by atoms with Crippen LogP contribution in [0.3, 0.4) is 0 Å². The molecule has 2 nitrogen and oxygen atoms in total. The van der Waals surface area contributed by atoms with Crippen LogP contribution < -0.4 is 0 Å². The van der Waals surface area contributed by atoms with Gasteiger partial charge in [-0.2, -0.15) is 0 Å². The Hall–Kier alpha value is -0.0800. The smallest absolute Gasteiger partial charge is 0.0213 e. The molecule has 0 atom stereocenters. The molecule has 0 aromatic rings. The first-order chi connectivity index (χ1) is 6.62. The maximum Gasteiger partial charge on any atom is 0.0213 e. The molecule has 15 heavy (non-hydrogen) atoms. The molecule has 2 aliphatic rings. The van der Waals surface area contributed by atoms with Crippen LogP contribution in [0.2, 0.25) is 0 Å². The lowest BCUT2D eigenvalue weighted by Gasteiger charge is -2.66. The van der Waals surface area contributed by atoms with Crippen LogP contribution in [0.15, 0.2) is 0 Å². The first-order valence-electron chi connectivity index (χ1n) is 6.13. The molecule has 0 saturated carbocycles. The number of hydrogen-bond donors (Lipinski definition) is 0. The van der Waals surface area contributed by atoms with Crippen molar-refractivity contribution in [2.24, 2.45) is 5.41 Å². The van der Waals surface area contributed by atoms with Gasteiger partial charge in [-0.3, -0.25) is 9.80 Å². The molecule has 0 aliphatic carbocycles. The van der Waals surface area contributed by atoms with E-state index in [0.717, 1.165) is 0 Å². The van der Waals surface area contributed by atoms with Gasteiger partial charge in [0.15, 0.2) is 0 Å². The summed E-state index contributed by atoms with van der Waals surface area (Å²) < 4.78 is 0. The first-order valence-corrected chi connectivity index (χ1v) is 6.13. The van der Waals surface area contributed by atoms with Gasteiger partial charge in [0.2, 0.25) is 0 Å². The Kier molecular flexibility index (Phi) is 2.27. The van der Waals surface area contributed by atoms with Crippen LogP contribution in [0, 0.1) is 5.41 Å². The zero-order valence-corrected chi connectivity index (χ0v) is 11.2. The predicted octanol–water partition coefficient (Wildman–Crippen LogP) is 2.20. The fourth-order valence-corrected chi connectivity index (χ4v) is 2.68. The molecule has 0 radical (unpaired) electrons. The van der Waals surface area contributed by atoms with Gasteiger partial charge in [-0.05, 0) is 41.5 Å². The van der Waals surface area contributed by atoms with Crippen LogP contribution in [0.1, 0.15) is 41.5 Å². The highest BCUT2D eigenvalue weighted by atomic mass is 15.4. The molecule has 2 saturated heterocycles. The zero-order valence-electron chi connectivity index (χ0n) is 11.2. The van der Waals surface area contributed by atoms with E-state index in [9.17, 15) is 0 Å². The van der Waals surface area contributed by atoms with Gasteiger partial charge >= 0.3 is 0 Å². The van der Waals surface area contributed by atoms with E-state index in [0.29, 0.717) is 16.5 Å². The first kappa shape index (κ1) is 11.4. The summed E-state index contributed by atoms with van der Waals surface area (Å²) in [5.41, 5.74) is 1.39. The molecule has 1 spiro atoms. The Morgan fingerprint density at radius 2 is 0.933 bits per heavy atom. The third kappa shape index (κ3) is 1.94. The van der Waals surface area contributed by atoms with Gasteiger partial charge in [0.05, 0.1) is 0 Å². The lowest BCUT2D eigenvalue weighted by atomic mass is 9.69. The highest BCUT2D eigenvalue weighted by Gasteiger charge is 2.55. The van der Waals surface area contributed by atoms with Crippen molar-refractivity contribution in [3.8, 4) is 0 Å². The molecule has 2 fully saturated rings. The minimum absolute atomic E-state index is 0.368. The largest absolute Gasteiger partial charge is 0.297 e. The van der Waals surface area contributed by atoms with Crippen molar-refractivity contribution in [3.63, 3.8) is 0 Å². The van der Waals surface area contributed by atoms with Gasteiger partial charge in [0.1, 0.15) is 0 Å². The standard InChI is InChI=1S/C13H26N2/c1-11(2,3)14-7-13(8-14)9-15(10-13)12(4,5)6/h7-10H2,1-6H3. The second-order valence-electron chi connectivity index (χ2n) is 7.55. The zero-order chi connectivity index (χ0) is 11.5. The number of nitrogens with zero attached hydrogens (tertiary/aromatic N) is 2. The summed E-state index contributed by atoms with van der Waals surface area (Å²) in [6, 6.07) is 0. The van der Waals surface area contributed by atoms with Crippen molar-refractivity contribution in [1.82, 2.24) is 9.80 Å². The van der Waals surface area contributed by atoms with Crippen molar-refractivity contribution in [2.45, 2.75) is 52.6 Å². The van der Waals surface area contributed by atoms with Crippen LogP contribution >= 0.6 is 0 Å². The summed E-state index contributed by atoms with van der Waals surface area (Å²) >= 11 is 0. The topological polar surface area (TPSA) is 6.48 Å². The van der Waals surface area contributed by atoms with Crippen LogP contribution in [0.25, 0.3) is 0 Å². The molecule has 2 aliphatic heterocycles. The highest BCUT2D eigenvalue weighted by Crippen LogP contribution is 2.44. The Morgan fingerprint density at radius 3 is 1.13 bits per heavy atom. The van der Waals surface area contributed by atoms with E-state index in [-0.39, 0.29) is 0 Å². The van der Waals surface area contributed by atoms with Crippen LogP contribution in [-0.4, -0.2) is 47.1 Å². The average Bonchev–Trinajstić information content (AvgIpc) is 1.71. The molecular formula is C13H26N2. The van der Waals surface area contributed by atoms with Gasteiger partial charge in [-0.25, -0.2) is 0 Å². The van der Waals surface area contributed by atoms with Crippen LogP contribution in [0.4, 0.5) is 0 Å². The van der Waals surface area contributed by atoms with Crippen molar-refractivity contribution < 1.29 is 0 Å². The molecule has 2 rings (SSSR count). The summed E-state index contributed by atoms with van der Waals surface area (Å²) in [7, 11) is 0. The van der Waals surface area contributed by atoms with Gasteiger partial charge in [0, 0.05) is 42.7 Å². The van der Waals surface area contributed by atoms with Crippen LogP contribution in [0.5, 0.6) is 0 Å². The molecule has 0 unspecified atom stereocenters. The molecule has 2 heterocycles. The van der Waals surface area contributed by atoms with Crippen molar-refractivity contribution in [2.75, 3.05) is 26.2 Å². The quantitative estimate of drug-likeness (QED) is 0.605.